The fourth-order valence-electron chi connectivity index (χ4n) is 4.58. The van der Waals surface area contributed by atoms with Gasteiger partial charge in [-0.15, -0.1) is 0 Å². The molecule has 0 aliphatic heterocycles. The normalized spacial score (nSPS) is 21.7. The first-order chi connectivity index (χ1) is 12.8. The Morgan fingerprint density at radius 2 is 1.93 bits per heavy atom. The van der Waals surface area contributed by atoms with Crippen LogP contribution in [0.4, 0.5) is 8.78 Å². The van der Waals surface area contributed by atoms with Gasteiger partial charge in [-0.05, 0) is 73.4 Å². The second kappa shape index (κ2) is 7.07. The molecule has 0 amide bonds. The lowest BCUT2D eigenvalue weighted by Gasteiger charge is -2.42. The van der Waals surface area contributed by atoms with Gasteiger partial charge in [0.2, 0.25) is 0 Å². The predicted molar refractivity (Wildman–Crippen MR) is 112 cm³/mol. The zero-order chi connectivity index (χ0) is 19.9. The lowest BCUT2D eigenvalue weighted by atomic mass is 9.61. The molecule has 0 N–H and O–H groups in total. The van der Waals surface area contributed by atoms with Crippen molar-refractivity contribution >= 4 is 11.6 Å². The maximum absolute atomic E-state index is 15.1. The van der Waals surface area contributed by atoms with Crippen LogP contribution in [0.15, 0.2) is 53.9 Å². The Morgan fingerprint density at radius 1 is 1.22 bits per heavy atom. The molecule has 0 saturated carbocycles. The van der Waals surface area contributed by atoms with Gasteiger partial charge in [0.25, 0.3) is 0 Å². The average molecular weight is 366 g/mol. The summed E-state index contributed by atoms with van der Waals surface area (Å²) in [5.41, 5.74) is 4.83. The number of aryl methyl sites for hydroxylation is 1. The molecule has 0 radical (unpaired) electrons. The lowest BCUT2D eigenvalue weighted by Crippen LogP contribution is -2.32. The van der Waals surface area contributed by atoms with Gasteiger partial charge in [-0.2, -0.15) is 0 Å². The van der Waals surface area contributed by atoms with Crippen LogP contribution < -0.4 is 0 Å². The quantitative estimate of drug-likeness (QED) is 0.483. The van der Waals surface area contributed by atoms with Gasteiger partial charge < -0.3 is 0 Å². The number of allylic oxidation sites excluding steroid dienone is 8. The van der Waals surface area contributed by atoms with Crippen LogP contribution in [0.5, 0.6) is 0 Å². The standard InChI is InChI=1S/C25H28F2/c1-7-9-11-17-12-13-20(26)23-21(17)16(4)22-18(10-8-2)24(27)15(3)14-19(22)25(23,5)6/h7-10,13-14,17H,4,11-12H2,1-3,5-6H3/b9-7?,10-8-. The predicted octanol–water partition coefficient (Wildman–Crippen LogP) is 7.61. The van der Waals surface area contributed by atoms with E-state index in [9.17, 15) is 4.39 Å². The number of fused-ring (bicyclic) bond motifs is 1. The van der Waals surface area contributed by atoms with Crippen LogP contribution in [-0.2, 0) is 5.41 Å². The van der Waals surface area contributed by atoms with Crippen molar-refractivity contribution in [2.75, 3.05) is 0 Å². The van der Waals surface area contributed by atoms with Crippen molar-refractivity contribution < 1.29 is 8.78 Å². The van der Waals surface area contributed by atoms with E-state index >= 15 is 4.39 Å². The van der Waals surface area contributed by atoms with Gasteiger partial charge in [0.15, 0.2) is 0 Å². The monoisotopic (exact) mass is 366 g/mol. The van der Waals surface area contributed by atoms with Crippen molar-refractivity contribution in [3.63, 3.8) is 0 Å². The molecule has 0 bridgehead atoms. The molecule has 0 spiro atoms. The van der Waals surface area contributed by atoms with Crippen LogP contribution >= 0.6 is 0 Å². The minimum atomic E-state index is -0.546. The van der Waals surface area contributed by atoms with Gasteiger partial charge in [-0.1, -0.05) is 50.8 Å². The third-order valence-corrected chi connectivity index (χ3v) is 5.90. The Morgan fingerprint density at radius 3 is 2.56 bits per heavy atom. The van der Waals surface area contributed by atoms with Crippen LogP contribution in [-0.4, -0.2) is 0 Å². The van der Waals surface area contributed by atoms with E-state index in [2.05, 4.69) is 12.7 Å². The van der Waals surface area contributed by atoms with Crippen LogP contribution in [0.25, 0.3) is 11.6 Å². The number of hydrogen-bond donors (Lipinski definition) is 0. The highest BCUT2D eigenvalue weighted by Gasteiger charge is 2.43. The summed E-state index contributed by atoms with van der Waals surface area (Å²) in [4.78, 5) is 0. The molecule has 3 rings (SSSR count). The maximum Gasteiger partial charge on any atom is 0.133 e. The van der Waals surface area contributed by atoms with Crippen molar-refractivity contribution in [1.29, 1.82) is 0 Å². The molecule has 0 heterocycles. The molecule has 0 nitrogen and oxygen atoms in total. The minimum Gasteiger partial charge on any atom is -0.207 e. The second-order valence-electron chi connectivity index (χ2n) is 8.03. The summed E-state index contributed by atoms with van der Waals surface area (Å²) < 4.78 is 30.1. The fourth-order valence-corrected chi connectivity index (χ4v) is 4.58. The zero-order valence-corrected chi connectivity index (χ0v) is 16.9. The van der Waals surface area contributed by atoms with Gasteiger partial charge in [0.1, 0.15) is 11.6 Å². The molecule has 1 aromatic rings. The highest BCUT2D eigenvalue weighted by molar-refractivity contribution is 5.91. The summed E-state index contributed by atoms with van der Waals surface area (Å²) in [7, 11) is 0. The van der Waals surface area contributed by atoms with Crippen LogP contribution in [0, 0.1) is 18.7 Å². The van der Waals surface area contributed by atoms with E-state index in [1.165, 1.54) is 0 Å². The number of hydrogen-bond acceptors (Lipinski definition) is 0. The molecule has 0 saturated heterocycles. The summed E-state index contributed by atoms with van der Waals surface area (Å²) in [5, 5.41) is 0. The van der Waals surface area contributed by atoms with Crippen molar-refractivity contribution in [2.24, 2.45) is 5.92 Å². The number of benzene rings is 1. The first-order valence-electron chi connectivity index (χ1n) is 9.63. The topological polar surface area (TPSA) is 0 Å². The molecule has 2 aliphatic carbocycles. The molecule has 0 aromatic heterocycles. The average Bonchev–Trinajstić information content (AvgIpc) is 2.62. The van der Waals surface area contributed by atoms with Crippen molar-refractivity contribution in [2.45, 2.75) is 52.9 Å². The van der Waals surface area contributed by atoms with E-state index in [4.69, 9.17) is 0 Å². The molecular weight excluding hydrogens is 338 g/mol. The third-order valence-electron chi connectivity index (χ3n) is 5.90. The molecule has 142 valence electrons. The minimum absolute atomic E-state index is 0.159. The van der Waals surface area contributed by atoms with E-state index in [1.807, 2.05) is 52.0 Å². The third kappa shape index (κ3) is 2.96. The SMILES string of the molecule is C=C1C2=C(C(F)=CCC2CC=CC)C(C)(C)c2cc(C)c(F)c(/C=C\C)c21. The molecule has 2 heteroatoms. The van der Waals surface area contributed by atoms with E-state index in [0.29, 0.717) is 17.5 Å². The van der Waals surface area contributed by atoms with Gasteiger partial charge in [-0.25, -0.2) is 8.78 Å². The van der Waals surface area contributed by atoms with Gasteiger partial charge in [0, 0.05) is 16.6 Å². The second-order valence-corrected chi connectivity index (χ2v) is 8.03. The van der Waals surface area contributed by atoms with Gasteiger partial charge in [0.05, 0.1) is 0 Å². The highest BCUT2D eigenvalue weighted by atomic mass is 19.1. The smallest absolute Gasteiger partial charge is 0.133 e. The summed E-state index contributed by atoms with van der Waals surface area (Å²) in [6.07, 6.45) is 11.0. The summed E-state index contributed by atoms with van der Waals surface area (Å²) >= 11 is 0. The van der Waals surface area contributed by atoms with Gasteiger partial charge >= 0.3 is 0 Å². The fraction of sp³-hybridized carbons (Fsp3) is 0.360. The lowest BCUT2D eigenvalue weighted by molar-refractivity contribution is 0.498. The maximum atomic E-state index is 15.1. The first kappa shape index (κ1) is 19.5. The largest absolute Gasteiger partial charge is 0.207 e. The molecule has 1 aromatic carbocycles. The van der Waals surface area contributed by atoms with Crippen molar-refractivity contribution in [3.8, 4) is 0 Å². The van der Waals surface area contributed by atoms with Crippen molar-refractivity contribution in [1.82, 2.24) is 0 Å². The Balaban J connectivity index is 2.35. The molecular formula is C25H28F2. The van der Waals surface area contributed by atoms with E-state index in [-0.39, 0.29) is 17.6 Å². The summed E-state index contributed by atoms with van der Waals surface area (Å²) in [5.74, 6) is -0.212. The van der Waals surface area contributed by atoms with Crippen LogP contribution in [0.1, 0.15) is 62.8 Å². The van der Waals surface area contributed by atoms with E-state index < -0.39 is 5.41 Å². The molecule has 0 fully saturated rings. The number of rotatable bonds is 3. The Hall–Kier alpha value is -2.22. The van der Waals surface area contributed by atoms with Gasteiger partial charge in [-0.3, -0.25) is 0 Å². The van der Waals surface area contributed by atoms with Crippen molar-refractivity contribution in [3.05, 3.63) is 82.0 Å². The first-order valence-corrected chi connectivity index (χ1v) is 9.63. The molecule has 27 heavy (non-hydrogen) atoms. The Bertz CT molecular complexity index is 918. The van der Waals surface area contributed by atoms with Crippen LogP contribution in [0.3, 0.4) is 0 Å². The van der Waals surface area contributed by atoms with E-state index in [0.717, 1.165) is 34.3 Å². The molecule has 2 aliphatic rings. The highest BCUT2D eigenvalue weighted by Crippen LogP contribution is 2.54. The summed E-state index contributed by atoms with van der Waals surface area (Å²) in [6, 6.07) is 1.87. The molecule has 1 unspecified atom stereocenters. The Labute approximate surface area is 161 Å². The van der Waals surface area contributed by atoms with Crippen LogP contribution in [0.2, 0.25) is 0 Å². The molecule has 1 atom stereocenters. The number of halogens is 2. The zero-order valence-electron chi connectivity index (χ0n) is 16.9. The Kier molecular flexibility index (Phi) is 5.12. The van der Waals surface area contributed by atoms with E-state index in [1.54, 1.807) is 13.0 Å². The summed E-state index contributed by atoms with van der Waals surface area (Å²) in [6.45, 7) is 14.1.